The molecule has 0 radical (unpaired) electrons. The lowest BCUT2D eigenvalue weighted by Crippen LogP contribution is -2.52. The van der Waals surface area contributed by atoms with E-state index in [1.807, 2.05) is 13.8 Å². The smallest absolute Gasteiger partial charge is 0.282 e. The van der Waals surface area contributed by atoms with Crippen molar-refractivity contribution < 1.29 is 18.3 Å². The van der Waals surface area contributed by atoms with Crippen molar-refractivity contribution >= 4 is 10.2 Å². The van der Waals surface area contributed by atoms with Gasteiger partial charge < -0.3 is 9.84 Å². The Labute approximate surface area is 97.0 Å². The number of ether oxygens (including phenoxy) is 1. The van der Waals surface area contributed by atoms with Crippen LogP contribution >= 0.6 is 0 Å². The van der Waals surface area contributed by atoms with Gasteiger partial charge in [0, 0.05) is 26.2 Å². The van der Waals surface area contributed by atoms with E-state index in [4.69, 9.17) is 9.84 Å². The summed E-state index contributed by atoms with van der Waals surface area (Å²) in [5, 5.41) is 8.96. The van der Waals surface area contributed by atoms with Crippen molar-refractivity contribution in [3.05, 3.63) is 0 Å². The van der Waals surface area contributed by atoms with E-state index in [-0.39, 0.29) is 19.2 Å². The Bertz CT molecular complexity index is 317. The number of nitrogens with zero attached hydrogens (tertiary/aromatic N) is 2. The number of hydrogen-bond donors (Lipinski definition) is 1. The first-order valence-electron chi connectivity index (χ1n) is 5.35. The van der Waals surface area contributed by atoms with Gasteiger partial charge in [-0.1, -0.05) is 0 Å². The number of hydrogen-bond acceptors (Lipinski definition) is 4. The van der Waals surface area contributed by atoms with Crippen molar-refractivity contribution in [1.82, 2.24) is 8.61 Å². The molecule has 6 nitrogen and oxygen atoms in total. The van der Waals surface area contributed by atoms with E-state index in [0.29, 0.717) is 13.2 Å². The standard InChI is InChI=1S/C9H20N2O4S/c1-8(2)10(3)16(13,14)11-4-5-15-9(6-11)7-12/h8-9,12H,4-7H2,1-3H3. The zero-order valence-corrected chi connectivity index (χ0v) is 10.8. The van der Waals surface area contributed by atoms with Gasteiger partial charge in [-0.3, -0.25) is 0 Å². The third-order valence-electron chi connectivity index (χ3n) is 2.72. The molecule has 1 N–H and O–H groups in total. The highest BCUT2D eigenvalue weighted by Gasteiger charge is 2.33. The van der Waals surface area contributed by atoms with Crippen LogP contribution in [0.4, 0.5) is 0 Å². The highest BCUT2D eigenvalue weighted by atomic mass is 32.2. The largest absolute Gasteiger partial charge is 0.394 e. The van der Waals surface area contributed by atoms with Gasteiger partial charge in [-0.15, -0.1) is 0 Å². The van der Waals surface area contributed by atoms with Gasteiger partial charge in [0.25, 0.3) is 10.2 Å². The van der Waals surface area contributed by atoms with Crippen molar-refractivity contribution in [1.29, 1.82) is 0 Å². The molecule has 0 aromatic carbocycles. The molecule has 0 amide bonds. The lowest BCUT2D eigenvalue weighted by atomic mass is 10.3. The van der Waals surface area contributed by atoms with Crippen LogP contribution in [-0.2, 0) is 14.9 Å². The minimum Gasteiger partial charge on any atom is -0.394 e. The molecule has 0 aromatic rings. The normalized spacial score (nSPS) is 24.2. The molecule has 1 rings (SSSR count). The fourth-order valence-electron chi connectivity index (χ4n) is 1.46. The Morgan fingerprint density at radius 2 is 2.19 bits per heavy atom. The fraction of sp³-hybridized carbons (Fsp3) is 1.00. The van der Waals surface area contributed by atoms with Gasteiger partial charge in [0.15, 0.2) is 0 Å². The first-order valence-corrected chi connectivity index (χ1v) is 6.75. The Morgan fingerprint density at radius 1 is 1.56 bits per heavy atom. The van der Waals surface area contributed by atoms with Crippen LogP contribution in [0.5, 0.6) is 0 Å². The minimum atomic E-state index is -3.43. The zero-order valence-electron chi connectivity index (χ0n) is 9.96. The molecule has 7 heteroatoms. The number of rotatable bonds is 4. The van der Waals surface area contributed by atoms with Crippen molar-refractivity contribution in [2.75, 3.05) is 33.4 Å². The summed E-state index contributed by atoms with van der Waals surface area (Å²) in [6.07, 6.45) is -0.413. The van der Waals surface area contributed by atoms with Gasteiger partial charge in [-0.25, -0.2) is 0 Å². The highest BCUT2D eigenvalue weighted by molar-refractivity contribution is 7.86. The zero-order chi connectivity index (χ0) is 12.3. The molecule has 1 heterocycles. The van der Waals surface area contributed by atoms with E-state index in [2.05, 4.69) is 0 Å². The van der Waals surface area contributed by atoms with Crippen LogP contribution in [-0.4, -0.2) is 67.6 Å². The van der Waals surface area contributed by atoms with Crippen molar-refractivity contribution in [2.45, 2.75) is 26.0 Å². The predicted molar refractivity (Wildman–Crippen MR) is 60.2 cm³/mol. The third-order valence-corrected chi connectivity index (χ3v) is 4.86. The molecule has 1 atom stereocenters. The van der Waals surface area contributed by atoms with Crippen molar-refractivity contribution in [3.8, 4) is 0 Å². The van der Waals surface area contributed by atoms with Gasteiger partial charge in [0.2, 0.25) is 0 Å². The Balaban J connectivity index is 2.75. The van der Waals surface area contributed by atoms with Crippen LogP contribution in [0.3, 0.4) is 0 Å². The molecular formula is C9H20N2O4S. The summed E-state index contributed by atoms with van der Waals surface area (Å²) in [6, 6.07) is -0.0829. The van der Waals surface area contributed by atoms with Crippen LogP contribution in [0.25, 0.3) is 0 Å². The van der Waals surface area contributed by atoms with Gasteiger partial charge in [0.05, 0.1) is 19.3 Å². The molecule has 1 saturated heterocycles. The summed E-state index contributed by atoms with van der Waals surface area (Å²) in [4.78, 5) is 0. The maximum Gasteiger partial charge on any atom is 0.282 e. The average Bonchev–Trinajstić information content (AvgIpc) is 2.27. The topological polar surface area (TPSA) is 70.1 Å². The molecule has 1 aliphatic rings. The second kappa shape index (κ2) is 5.42. The molecule has 0 aliphatic carbocycles. The number of aliphatic hydroxyl groups is 1. The van der Waals surface area contributed by atoms with Crippen LogP contribution in [0, 0.1) is 0 Å². The highest BCUT2D eigenvalue weighted by Crippen LogP contribution is 2.14. The van der Waals surface area contributed by atoms with Crippen LogP contribution in [0.2, 0.25) is 0 Å². The van der Waals surface area contributed by atoms with E-state index in [1.165, 1.54) is 8.61 Å². The van der Waals surface area contributed by atoms with E-state index in [0.717, 1.165) is 0 Å². The molecule has 1 fully saturated rings. The van der Waals surface area contributed by atoms with Crippen molar-refractivity contribution in [2.24, 2.45) is 0 Å². The number of morpholine rings is 1. The second-order valence-corrected chi connectivity index (χ2v) is 6.14. The van der Waals surface area contributed by atoms with Crippen LogP contribution < -0.4 is 0 Å². The summed E-state index contributed by atoms with van der Waals surface area (Å²) in [5.41, 5.74) is 0. The van der Waals surface area contributed by atoms with Crippen LogP contribution in [0.1, 0.15) is 13.8 Å². The van der Waals surface area contributed by atoms with E-state index in [1.54, 1.807) is 7.05 Å². The molecule has 16 heavy (non-hydrogen) atoms. The SMILES string of the molecule is CC(C)N(C)S(=O)(=O)N1CCOC(CO)C1. The monoisotopic (exact) mass is 252 g/mol. The van der Waals surface area contributed by atoms with Gasteiger partial charge >= 0.3 is 0 Å². The van der Waals surface area contributed by atoms with Gasteiger partial charge in [0.1, 0.15) is 0 Å². The summed E-state index contributed by atoms with van der Waals surface area (Å²) in [6.45, 7) is 4.38. The Kier molecular flexibility index (Phi) is 4.69. The summed E-state index contributed by atoms with van der Waals surface area (Å²) in [5.74, 6) is 0. The third kappa shape index (κ3) is 2.92. The van der Waals surface area contributed by atoms with E-state index in [9.17, 15) is 8.42 Å². The van der Waals surface area contributed by atoms with Crippen LogP contribution in [0.15, 0.2) is 0 Å². The maximum atomic E-state index is 12.1. The molecule has 1 aliphatic heterocycles. The van der Waals surface area contributed by atoms with Gasteiger partial charge in [-0.2, -0.15) is 17.0 Å². The molecule has 96 valence electrons. The average molecular weight is 252 g/mol. The summed E-state index contributed by atoms with van der Waals surface area (Å²) < 4.78 is 32.1. The molecule has 0 saturated carbocycles. The van der Waals surface area contributed by atoms with Crippen molar-refractivity contribution in [3.63, 3.8) is 0 Å². The summed E-state index contributed by atoms with van der Waals surface area (Å²) >= 11 is 0. The lowest BCUT2D eigenvalue weighted by Gasteiger charge is -2.34. The Morgan fingerprint density at radius 3 is 2.69 bits per heavy atom. The molecular weight excluding hydrogens is 232 g/mol. The fourth-order valence-corrected chi connectivity index (χ4v) is 3.02. The molecule has 1 unspecified atom stereocenters. The quantitative estimate of drug-likeness (QED) is 0.716. The van der Waals surface area contributed by atoms with E-state index >= 15 is 0 Å². The molecule has 0 bridgehead atoms. The first kappa shape index (κ1) is 13.9. The minimum absolute atomic E-state index is 0.0829. The Hall–Kier alpha value is -0.210. The summed E-state index contributed by atoms with van der Waals surface area (Å²) in [7, 11) is -1.87. The predicted octanol–water partition coefficient (Wildman–Crippen LogP) is -0.735. The maximum absolute atomic E-state index is 12.1. The second-order valence-electron chi connectivity index (χ2n) is 4.15. The molecule has 0 spiro atoms. The number of aliphatic hydroxyl groups excluding tert-OH is 1. The first-order chi connectivity index (χ1) is 7.39. The lowest BCUT2D eigenvalue weighted by molar-refractivity contribution is -0.0317. The molecule has 0 aromatic heterocycles. The van der Waals surface area contributed by atoms with E-state index < -0.39 is 16.3 Å². The van der Waals surface area contributed by atoms with Gasteiger partial charge in [-0.05, 0) is 13.8 Å².